The number of nitrogens with zero attached hydrogens (tertiary/aromatic N) is 9. The zero-order valence-electron chi connectivity index (χ0n) is 31.2. The molecule has 23 heteroatoms. The summed E-state index contributed by atoms with van der Waals surface area (Å²) < 4.78 is 92.9. The van der Waals surface area contributed by atoms with E-state index in [1.165, 1.54) is 48.5 Å². The maximum absolute atomic E-state index is 12.3. The van der Waals surface area contributed by atoms with Gasteiger partial charge in [0.15, 0.2) is 0 Å². The maximum Gasteiger partial charge on any atom is 0.573 e. The first-order valence-corrected chi connectivity index (χ1v) is 18.5. The zero-order valence-corrected chi connectivity index (χ0v) is 33.5. The molecule has 14 nitrogen and oxygen atoms in total. The van der Waals surface area contributed by atoms with Crippen LogP contribution in [0, 0.1) is 13.8 Å². The van der Waals surface area contributed by atoms with E-state index in [2.05, 4.69) is 55.0 Å². The van der Waals surface area contributed by atoms with Crippen LogP contribution in [0.5, 0.6) is 11.5 Å². The van der Waals surface area contributed by atoms with Gasteiger partial charge in [0.25, 0.3) is 0 Å². The smallest absolute Gasteiger partial charge is 0.406 e. The fourth-order valence-electron chi connectivity index (χ4n) is 5.05. The van der Waals surface area contributed by atoms with Crippen molar-refractivity contribution in [1.29, 1.82) is 0 Å². The van der Waals surface area contributed by atoms with Crippen LogP contribution < -0.4 is 9.47 Å². The average Bonchev–Trinajstić information content (AvgIpc) is 4.03. The second-order valence-corrected chi connectivity index (χ2v) is 13.3. The first kappa shape index (κ1) is 44.1. The number of nitrogens with one attached hydrogen (secondary N) is 1. The number of rotatable bonds is 9. The van der Waals surface area contributed by atoms with Gasteiger partial charge in [-0.25, -0.2) is 24.6 Å². The molecule has 8 rings (SSSR count). The fourth-order valence-corrected chi connectivity index (χ4v) is 5.61. The molecule has 316 valence electrons. The molecule has 0 spiro atoms. The minimum atomic E-state index is -4.74. The third-order valence-electron chi connectivity index (χ3n) is 7.75. The fraction of sp³-hybridized carbons (Fsp3) is 0.158. The normalized spacial score (nSPS) is 11.3. The molecule has 8 aromatic rings. The van der Waals surface area contributed by atoms with E-state index in [1.807, 2.05) is 12.1 Å². The second-order valence-electron chi connectivity index (χ2n) is 12.3. The second kappa shape index (κ2) is 19.3. The van der Waals surface area contributed by atoms with Crippen LogP contribution >= 0.6 is 34.8 Å². The van der Waals surface area contributed by atoms with E-state index in [-0.39, 0.29) is 11.5 Å². The topological polar surface area (TPSA) is 169 Å². The van der Waals surface area contributed by atoms with Gasteiger partial charge in [-0.2, -0.15) is 0 Å². The third-order valence-corrected chi connectivity index (χ3v) is 8.47. The van der Waals surface area contributed by atoms with Crippen LogP contribution in [0.4, 0.5) is 26.3 Å². The van der Waals surface area contributed by atoms with Crippen molar-refractivity contribution in [2.75, 3.05) is 0 Å². The molecule has 0 aliphatic rings. The molecule has 0 unspecified atom stereocenters. The molecule has 6 aromatic heterocycles. The number of hydrogen-bond acceptors (Lipinski definition) is 12. The lowest BCUT2D eigenvalue weighted by atomic mass is 10.1. The summed E-state index contributed by atoms with van der Waals surface area (Å²) in [5.41, 5.74) is 3.93. The van der Waals surface area contributed by atoms with E-state index in [0.717, 1.165) is 11.1 Å². The van der Waals surface area contributed by atoms with Gasteiger partial charge in [-0.1, -0.05) is 33.5 Å². The highest BCUT2D eigenvalue weighted by atomic mass is 35.5. The van der Waals surface area contributed by atoms with Gasteiger partial charge in [0, 0.05) is 41.5 Å². The number of H-pyrrole nitrogens is 1. The molecule has 0 atom stereocenters. The van der Waals surface area contributed by atoms with Crippen LogP contribution in [0.3, 0.4) is 0 Å². The Hall–Kier alpha value is -6.51. The van der Waals surface area contributed by atoms with Crippen molar-refractivity contribution in [2.45, 2.75) is 39.0 Å². The number of pyridine rings is 2. The van der Waals surface area contributed by atoms with Gasteiger partial charge in [0.2, 0.25) is 23.2 Å². The van der Waals surface area contributed by atoms with Crippen molar-refractivity contribution < 1.29 is 44.9 Å². The SMILES string of the molecule is Cc1nc(-c2cc(-c3ccc(OC(F)(F)F)cc3)no2)n[nH]1.Cc1nc(-c2cc(-c3ccc(OC(F)(F)F)cc3)no2)nn1Cc1ccnc(Cl)c1.ClCc1ccnc(Cl)c1. The molecule has 0 saturated carbocycles. The Morgan fingerprint density at radius 1 is 0.656 bits per heavy atom. The number of alkyl halides is 7. The van der Waals surface area contributed by atoms with Crippen LogP contribution in [-0.2, 0) is 12.4 Å². The number of aryl methyl sites for hydroxylation is 2. The summed E-state index contributed by atoms with van der Waals surface area (Å²) >= 11 is 17.0. The Bertz CT molecular complexity index is 2670. The van der Waals surface area contributed by atoms with Crippen molar-refractivity contribution in [1.82, 2.24) is 50.2 Å². The average molecular weight is 908 g/mol. The Kier molecular flexibility index (Phi) is 13.9. The van der Waals surface area contributed by atoms with Crippen molar-refractivity contribution in [3.05, 3.63) is 130 Å². The summed E-state index contributed by atoms with van der Waals surface area (Å²) in [5, 5.41) is 19.7. The molecule has 0 bridgehead atoms. The predicted octanol–water partition coefficient (Wildman–Crippen LogP) is 10.7. The van der Waals surface area contributed by atoms with Gasteiger partial charge < -0.3 is 18.5 Å². The third kappa shape index (κ3) is 13.0. The highest BCUT2D eigenvalue weighted by Gasteiger charge is 2.32. The molecule has 6 heterocycles. The van der Waals surface area contributed by atoms with Crippen molar-refractivity contribution in [2.24, 2.45) is 0 Å². The van der Waals surface area contributed by atoms with Crippen LogP contribution in [0.25, 0.3) is 45.7 Å². The number of aromatic nitrogens is 10. The van der Waals surface area contributed by atoms with Crippen LogP contribution in [-0.4, -0.2) is 63.0 Å². The van der Waals surface area contributed by atoms with Crippen LogP contribution in [0.15, 0.2) is 106 Å². The van der Waals surface area contributed by atoms with E-state index >= 15 is 0 Å². The van der Waals surface area contributed by atoms with Crippen molar-refractivity contribution in [3.63, 3.8) is 0 Å². The number of benzene rings is 2. The van der Waals surface area contributed by atoms with Gasteiger partial charge in [-0.3, -0.25) is 5.10 Å². The molecule has 0 aliphatic heterocycles. The van der Waals surface area contributed by atoms with Gasteiger partial charge >= 0.3 is 12.7 Å². The molecule has 1 N–H and O–H groups in total. The van der Waals surface area contributed by atoms with Crippen molar-refractivity contribution in [3.8, 4) is 57.2 Å². The molecular weight excluding hydrogens is 881 g/mol. The molecule has 0 saturated heterocycles. The molecular formula is C38H27Cl3F6N10O4. The minimum absolute atomic E-state index is 0.301. The van der Waals surface area contributed by atoms with Crippen molar-refractivity contribution >= 4 is 34.8 Å². The van der Waals surface area contributed by atoms with Gasteiger partial charge in [0.1, 0.15) is 44.8 Å². The van der Waals surface area contributed by atoms with E-state index < -0.39 is 12.7 Å². The van der Waals surface area contributed by atoms with Crippen LogP contribution in [0.1, 0.15) is 22.8 Å². The number of halogens is 9. The monoisotopic (exact) mass is 906 g/mol. The molecule has 61 heavy (non-hydrogen) atoms. The summed E-state index contributed by atoms with van der Waals surface area (Å²) in [4.78, 5) is 16.2. The first-order valence-electron chi connectivity index (χ1n) is 17.2. The van der Waals surface area contributed by atoms with Gasteiger partial charge in [-0.15, -0.1) is 48.1 Å². The number of aromatic amines is 1. The quantitative estimate of drug-likeness (QED) is 0.0828. The van der Waals surface area contributed by atoms with E-state index in [4.69, 9.17) is 43.8 Å². The summed E-state index contributed by atoms with van der Waals surface area (Å²) in [5.74, 6) is 2.53. The van der Waals surface area contributed by atoms with Gasteiger partial charge in [0.05, 0.1) is 6.54 Å². The van der Waals surface area contributed by atoms with E-state index in [1.54, 1.807) is 55.2 Å². The standard InChI is InChI=1S/C19H13ClF3N5O2.C13H9F3N4O2.C6H5Cl2N/c1-11-25-18(26-28(11)10-12-6-7-24-17(20)8-12)16-9-15(27-30-16)13-2-4-14(5-3-13)29-19(21,22)23;1-7-17-12(19-18-7)11-6-10(20-22-11)8-2-4-9(5-3-8)21-13(14,15)16;7-4-5-1-2-9-6(8)3-5/h2-9H,10H2,1H3;2-6H,1H3,(H,17,18,19);1-3H,4H2. The maximum atomic E-state index is 12.3. The Morgan fingerprint density at radius 3 is 1.59 bits per heavy atom. The van der Waals surface area contributed by atoms with E-state index in [0.29, 0.717) is 80.1 Å². The minimum Gasteiger partial charge on any atom is -0.406 e. The Morgan fingerprint density at radius 2 is 1.15 bits per heavy atom. The molecule has 0 radical (unpaired) electrons. The lowest BCUT2D eigenvalue weighted by Gasteiger charge is -2.08. The highest BCUT2D eigenvalue weighted by Crippen LogP contribution is 2.30. The largest absolute Gasteiger partial charge is 0.573 e. The first-order chi connectivity index (χ1) is 29.0. The lowest BCUT2D eigenvalue weighted by molar-refractivity contribution is -0.275. The molecule has 0 aliphatic carbocycles. The summed E-state index contributed by atoms with van der Waals surface area (Å²) in [7, 11) is 0. The van der Waals surface area contributed by atoms with Crippen LogP contribution in [0.2, 0.25) is 10.3 Å². The zero-order chi connectivity index (χ0) is 43.7. The summed E-state index contributed by atoms with van der Waals surface area (Å²) in [6.07, 6.45) is -6.21. The summed E-state index contributed by atoms with van der Waals surface area (Å²) in [6, 6.07) is 21.0. The van der Waals surface area contributed by atoms with Gasteiger partial charge in [-0.05, 0) is 97.8 Å². The summed E-state index contributed by atoms with van der Waals surface area (Å²) in [6.45, 7) is 3.99. The molecule has 0 amide bonds. The lowest BCUT2D eigenvalue weighted by Crippen LogP contribution is -2.16. The van der Waals surface area contributed by atoms with E-state index in [9.17, 15) is 26.3 Å². The molecule has 0 fully saturated rings. The Labute approximate surface area is 355 Å². The molecule has 2 aromatic carbocycles. The predicted molar refractivity (Wildman–Crippen MR) is 208 cm³/mol. The number of ether oxygens (including phenoxy) is 2. The highest BCUT2D eigenvalue weighted by molar-refractivity contribution is 6.29. The number of hydrogen-bond donors (Lipinski definition) is 1. The Balaban J connectivity index is 0.000000175.